The Kier molecular flexibility index (Phi) is 5.57. The Morgan fingerprint density at radius 3 is 2.67 bits per heavy atom. The van der Waals surface area contributed by atoms with Crippen molar-refractivity contribution in [3.8, 4) is 0 Å². The van der Waals surface area contributed by atoms with Gasteiger partial charge in [-0.05, 0) is 17.5 Å². The van der Waals surface area contributed by atoms with Crippen LogP contribution in [0.2, 0.25) is 0 Å². The molecule has 0 fully saturated rings. The molecule has 3 amide bonds. The third-order valence-electron chi connectivity index (χ3n) is 3.51. The fraction of sp³-hybridized carbons (Fsp3) is 0.467. The minimum atomic E-state index is -0.115. The number of fused-ring (bicyclic) bond motifs is 1. The maximum Gasteiger partial charge on any atom is 0.317 e. The number of carbonyl (C=O) groups is 2. The summed E-state index contributed by atoms with van der Waals surface area (Å²) >= 11 is 0. The van der Waals surface area contributed by atoms with Crippen LogP contribution in [-0.4, -0.2) is 43.0 Å². The predicted octanol–water partition coefficient (Wildman–Crippen LogP) is 0.219. The van der Waals surface area contributed by atoms with E-state index in [1.54, 1.807) is 4.90 Å². The molecule has 0 aliphatic carbocycles. The smallest absolute Gasteiger partial charge is 0.317 e. The Hall–Kier alpha value is -2.08. The van der Waals surface area contributed by atoms with Crippen LogP contribution in [0, 0.1) is 0 Å². The fourth-order valence-corrected chi connectivity index (χ4v) is 2.36. The summed E-state index contributed by atoms with van der Waals surface area (Å²) in [6, 6.07) is 8.05. The monoisotopic (exact) mass is 290 g/mol. The number of rotatable bonds is 5. The zero-order valence-electron chi connectivity index (χ0n) is 12.1. The van der Waals surface area contributed by atoms with Gasteiger partial charge in [-0.15, -0.1) is 0 Å². The van der Waals surface area contributed by atoms with E-state index in [2.05, 4.69) is 22.8 Å². The van der Waals surface area contributed by atoms with Crippen molar-refractivity contribution < 1.29 is 9.59 Å². The van der Waals surface area contributed by atoms with E-state index in [9.17, 15) is 9.59 Å². The largest absolute Gasteiger partial charge is 0.355 e. The van der Waals surface area contributed by atoms with Crippen molar-refractivity contribution in [3.63, 3.8) is 0 Å². The average molecular weight is 290 g/mol. The van der Waals surface area contributed by atoms with Crippen LogP contribution < -0.4 is 16.4 Å². The van der Waals surface area contributed by atoms with Gasteiger partial charge >= 0.3 is 6.03 Å². The van der Waals surface area contributed by atoms with Crippen LogP contribution in [0.1, 0.15) is 17.5 Å². The van der Waals surface area contributed by atoms with Crippen LogP contribution in [0.5, 0.6) is 0 Å². The Morgan fingerprint density at radius 2 is 1.90 bits per heavy atom. The van der Waals surface area contributed by atoms with Gasteiger partial charge in [0.05, 0.1) is 0 Å². The molecule has 1 aromatic rings. The molecule has 0 bridgehead atoms. The quantitative estimate of drug-likeness (QED) is 0.725. The third kappa shape index (κ3) is 4.46. The summed E-state index contributed by atoms with van der Waals surface area (Å²) in [6.07, 6.45) is 1.15. The van der Waals surface area contributed by atoms with Crippen LogP contribution in [-0.2, 0) is 17.8 Å². The van der Waals surface area contributed by atoms with E-state index >= 15 is 0 Å². The summed E-state index contributed by atoms with van der Waals surface area (Å²) < 4.78 is 0. The van der Waals surface area contributed by atoms with E-state index < -0.39 is 0 Å². The SMILES string of the molecule is NCCNC(=O)CCNC(=O)N1CCc2ccccc2C1. The molecule has 0 saturated heterocycles. The topological polar surface area (TPSA) is 87.5 Å². The summed E-state index contributed by atoms with van der Waals surface area (Å²) in [4.78, 5) is 25.2. The maximum absolute atomic E-state index is 12.1. The number of urea groups is 1. The zero-order valence-corrected chi connectivity index (χ0v) is 12.1. The highest BCUT2D eigenvalue weighted by Crippen LogP contribution is 2.18. The van der Waals surface area contributed by atoms with Crippen molar-refractivity contribution >= 4 is 11.9 Å². The van der Waals surface area contributed by atoms with E-state index in [1.807, 2.05) is 12.1 Å². The lowest BCUT2D eigenvalue weighted by atomic mass is 10.0. The first-order valence-corrected chi connectivity index (χ1v) is 7.27. The van der Waals surface area contributed by atoms with Crippen LogP contribution >= 0.6 is 0 Å². The van der Waals surface area contributed by atoms with E-state index in [4.69, 9.17) is 5.73 Å². The molecule has 6 heteroatoms. The molecule has 4 N–H and O–H groups in total. The maximum atomic E-state index is 12.1. The van der Waals surface area contributed by atoms with Crippen molar-refractivity contribution in [2.45, 2.75) is 19.4 Å². The van der Waals surface area contributed by atoms with E-state index in [-0.39, 0.29) is 18.4 Å². The van der Waals surface area contributed by atoms with Gasteiger partial charge < -0.3 is 21.3 Å². The molecule has 114 valence electrons. The Bertz CT molecular complexity index is 504. The second-order valence-corrected chi connectivity index (χ2v) is 5.06. The van der Waals surface area contributed by atoms with Gasteiger partial charge in [0.15, 0.2) is 0 Å². The lowest BCUT2D eigenvalue weighted by molar-refractivity contribution is -0.120. The van der Waals surface area contributed by atoms with E-state index in [0.717, 1.165) is 6.42 Å². The van der Waals surface area contributed by atoms with Gasteiger partial charge in [0.2, 0.25) is 5.91 Å². The summed E-state index contributed by atoms with van der Waals surface area (Å²) in [5, 5.41) is 5.46. The second kappa shape index (κ2) is 7.64. The lowest BCUT2D eigenvalue weighted by Gasteiger charge is -2.28. The molecule has 2 rings (SSSR count). The Morgan fingerprint density at radius 1 is 1.14 bits per heavy atom. The highest BCUT2D eigenvalue weighted by atomic mass is 16.2. The summed E-state index contributed by atoms with van der Waals surface area (Å²) in [6.45, 7) is 2.57. The number of nitrogens with zero attached hydrogens (tertiary/aromatic N) is 1. The molecule has 1 aromatic carbocycles. The van der Waals surface area contributed by atoms with Crippen molar-refractivity contribution in [1.29, 1.82) is 0 Å². The first-order chi connectivity index (χ1) is 10.2. The van der Waals surface area contributed by atoms with Gasteiger partial charge in [-0.3, -0.25) is 4.79 Å². The highest BCUT2D eigenvalue weighted by molar-refractivity contribution is 5.78. The minimum Gasteiger partial charge on any atom is -0.355 e. The Labute approximate surface area is 124 Å². The summed E-state index contributed by atoms with van der Waals surface area (Å²) in [5.74, 6) is -0.0928. The summed E-state index contributed by atoms with van der Waals surface area (Å²) in [7, 11) is 0. The van der Waals surface area contributed by atoms with Crippen LogP contribution in [0.15, 0.2) is 24.3 Å². The van der Waals surface area contributed by atoms with Gasteiger partial charge in [-0.1, -0.05) is 24.3 Å². The van der Waals surface area contributed by atoms with Crippen LogP contribution in [0.25, 0.3) is 0 Å². The number of carbonyl (C=O) groups excluding carboxylic acids is 2. The second-order valence-electron chi connectivity index (χ2n) is 5.06. The Balaban J connectivity index is 1.74. The lowest BCUT2D eigenvalue weighted by Crippen LogP contribution is -2.43. The van der Waals surface area contributed by atoms with Gasteiger partial charge in [0.25, 0.3) is 0 Å². The van der Waals surface area contributed by atoms with Gasteiger partial charge in [-0.2, -0.15) is 0 Å². The third-order valence-corrected chi connectivity index (χ3v) is 3.51. The molecule has 21 heavy (non-hydrogen) atoms. The normalized spacial score (nSPS) is 13.5. The van der Waals surface area contributed by atoms with E-state index in [0.29, 0.717) is 32.7 Å². The van der Waals surface area contributed by atoms with Crippen molar-refractivity contribution in [2.75, 3.05) is 26.2 Å². The average Bonchev–Trinajstić information content (AvgIpc) is 2.52. The molecule has 1 aliphatic rings. The zero-order chi connectivity index (χ0) is 15.1. The summed E-state index contributed by atoms with van der Waals surface area (Å²) in [5.41, 5.74) is 7.80. The molecule has 0 aromatic heterocycles. The molecule has 0 saturated carbocycles. The van der Waals surface area contributed by atoms with Crippen LogP contribution in [0.3, 0.4) is 0 Å². The molecule has 0 radical (unpaired) electrons. The number of nitrogens with two attached hydrogens (primary N) is 1. The standard InChI is InChI=1S/C15H22N4O2/c16-7-9-17-14(20)5-8-18-15(21)19-10-6-12-3-1-2-4-13(12)11-19/h1-4H,5-11,16H2,(H,17,20)(H,18,21). The first kappa shape index (κ1) is 15.3. The van der Waals surface area contributed by atoms with Crippen molar-refractivity contribution in [1.82, 2.24) is 15.5 Å². The predicted molar refractivity (Wildman–Crippen MR) is 80.6 cm³/mol. The van der Waals surface area contributed by atoms with Crippen LogP contribution in [0.4, 0.5) is 4.79 Å². The van der Waals surface area contributed by atoms with E-state index in [1.165, 1.54) is 11.1 Å². The number of nitrogens with one attached hydrogen (secondary N) is 2. The molecule has 0 unspecified atom stereocenters. The van der Waals surface area contributed by atoms with Gasteiger partial charge in [0, 0.05) is 39.1 Å². The molecule has 1 aliphatic heterocycles. The number of amides is 3. The number of hydrogen-bond acceptors (Lipinski definition) is 3. The van der Waals surface area contributed by atoms with Crippen molar-refractivity contribution in [2.24, 2.45) is 5.73 Å². The molecular weight excluding hydrogens is 268 g/mol. The molecule has 0 atom stereocenters. The number of benzene rings is 1. The first-order valence-electron chi connectivity index (χ1n) is 7.27. The fourth-order valence-electron chi connectivity index (χ4n) is 2.36. The highest BCUT2D eigenvalue weighted by Gasteiger charge is 2.19. The van der Waals surface area contributed by atoms with Gasteiger partial charge in [-0.25, -0.2) is 4.79 Å². The minimum absolute atomic E-state index is 0.0928. The molecular formula is C15H22N4O2. The number of hydrogen-bond donors (Lipinski definition) is 3. The molecule has 0 spiro atoms. The molecule has 1 heterocycles. The molecule has 6 nitrogen and oxygen atoms in total. The van der Waals surface area contributed by atoms with Gasteiger partial charge in [0.1, 0.15) is 0 Å². The van der Waals surface area contributed by atoms with Crippen molar-refractivity contribution in [3.05, 3.63) is 35.4 Å².